The van der Waals surface area contributed by atoms with E-state index in [4.69, 9.17) is 16.0 Å². The molecule has 0 fully saturated rings. The Morgan fingerprint density at radius 3 is 2.67 bits per heavy atom. The minimum Gasteiger partial charge on any atom is -0.459 e. The van der Waals surface area contributed by atoms with Gasteiger partial charge in [-0.1, -0.05) is 54.9 Å². The fourth-order valence-corrected chi connectivity index (χ4v) is 2.89. The SMILES string of the molecule is CCNC(c1cc2cccc(C)c2o1)c1ccccc1Cl. The van der Waals surface area contributed by atoms with Gasteiger partial charge in [0.15, 0.2) is 0 Å². The lowest BCUT2D eigenvalue weighted by Crippen LogP contribution is -2.21. The van der Waals surface area contributed by atoms with E-state index in [1.807, 2.05) is 24.3 Å². The molecule has 0 bridgehead atoms. The van der Waals surface area contributed by atoms with Crippen molar-refractivity contribution in [2.45, 2.75) is 19.9 Å². The van der Waals surface area contributed by atoms with Gasteiger partial charge in [-0.15, -0.1) is 0 Å². The minimum atomic E-state index is -0.0319. The highest BCUT2D eigenvalue weighted by Crippen LogP contribution is 2.32. The van der Waals surface area contributed by atoms with Gasteiger partial charge in [0.2, 0.25) is 0 Å². The van der Waals surface area contributed by atoms with Gasteiger partial charge in [-0.25, -0.2) is 0 Å². The van der Waals surface area contributed by atoms with Crippen LogP contribution in [0.2, 0.25) is 5.02 Å². The molecule has 108 valence electrons. The van der Waals surface area contributed by atoms with E-state index in [2.05, 4.69) is 43.4 Å². The second-order valence-electron chi connectivity index (χ2n) is 5.15. The first kappa shape index (κ1) is 14.2. The molecule has 1 heterocycles. The molecular formula is C18H18ClNO. The summed E-state index contributed by atoms with van der Waals surface area (Å²) in [5.74, 6) is 0.897. The van der Waals surface area contributed by atoms with Gasteiger partial charge in [-0.2, -0.15) is 0 Å². The van der Waals surface area contributed by atoms with Crippen LogP contribution in [0, 0.1) is 6.92 Å². The van der Waals surface area contributed by atoms with E-state index < -0.39 is 0 Å². The van der Waals surface area contributed by atoms with Gasteiger partial charge in [0.25, 0.3) is 0 Å². The lowest BCUT2D eigenvalue weighted by molar-refractivity contribution is 0.476. The Hall–Kier alpha value is -1.77. The lowest BCUT2D eigenvalue weighted by Gasteiger charge is -2.17. The van der Waals surface area contributed by atoms with Crippen molar-refractivity contribution in [2.24, 2.45) is 0 Å². The molecule has 0 saturated carbocycles. The Morgan fingerprint density at radius 1 is 1.14 bits per heavy atom. The minimum absolute atomic E-state index is 0.0319. The van der Waals surface area contributed by atoms with Crippen molar-refractivity contribution >= 4 is 22.6 Å². The average Bonchev–Trinajstić information content (AvgIpc) is 2.91. The molecule has 0 aliphatic heterocycles. The van der Waals surface area contributed by atoms with Gasteiger partial charge in [0.1, 0.15) is 11.3 Å². The zero-order valence-electron chi connectivity index (χ0n) is 12.2. The van der Waals surface area contributed by atoms with E-state index in [0.717, 1.165) is 39.4 Å². The van der Waals surface area contributed by atoms with E-state index in [0.29, 0.717) is 0 Å². The van der Waals surface area contributed by atoms with Gasteiger partial charge in [-0.3, -0.25) is 0 Å². The maximum absolute atomic E-state index is 6.35. The van der Waals surface area contributed by atoms with Crippen molar-refractivity contribution in [2.75, 3.05) is 6.54 Å². The summed E-state index contributed by atoms with van der Waals surface area (Å²) in [6.45, 7) is 4.98. The van der Waals surface area contributed by atoms with Crippen LogP contribution >= 0.6 is 11.6 Å². The molecule has 0 aliphatic rings. The van der Waals surface area contributed by atoms with Crippen LogP contribution in [-0.4, -0.2) is 6.54 Å². The quantitative estimate of drug-likeness (QED) is 0.725. The molecule has 3 heteroatoms. The topological polar surface area (TPSA) is 25.2 Å². The zero-order chi connectivity index (χ0) is 14.8. The Labute approximate surface area is 129 Å². The molecule has 1 aromatic heterocycles. The molecule has 2 nitrogen and oxygen atoms in total. The average molecular weight is 300 g/mol. The van der Waals surface area contributed by atoms with E-state index in [1.165, 1.54) is 0 Å². The number of benzene rings is 2. The molecule has 0 spiro atoms. The standard InChI is InChI=1S/C18H18ClNO/c1-3-20-17(14-9-4-5-10-15(14)19)16-11-13-8-6-7-12(2)18(13)21-16/h4-11,17,20H,3H2,1-2H3. The first-order chi connectivity index (χ1) is 10.2. The number of furan rings is 1. The van der Waals surface area contributed by atoms with Gasteiger partial charge in [0, 0.05) is 10.4 Å². The van der Waals surface area contributed by atoms with Crippen molar-refractivity contribution in [1.29, 1.82) is 0 Å². The molecule has 1 unspecified atom stereocenters. The number of halogens is 1. The van der Waals surface area contributed by atoms with E-state index in [-0.39, 0.29) is 6.04 Å². The first-order valence-corrected chi connectivity index (χ1v) is 7.55. The molecule has 1 N–H and O–H groups in total. The van der Waals surface area contributed by atoms with Gasteiger partial charge in [0.05, 0.1) is 6.04 Å². The van der Waals surface area contributed by atoms with Crippen LogP contribution in [0.5, 0.6) is 0 Å². The van der Waals surface area contributed by atoms with Crippen LogP contribution in [0.25, 0.3) is 11.0 Å². The summed E-state index contributed by atoms with van der Waals surface area (Å²) in [4.78, 5) is 0. The third-order valence-electron chi connectivity index (χ3n) is 3.67. The number of fused-ring (bicyclic) bond motifs is 1. The Morgan fingerprint density at radius 2 is 1.95 bits per heavy atom. The largest absolute Gasteiger partial charge is 0.459 e. The Balaban J connectivity index is 2.11. The van der Waals surface area contributed by atoms with Crippen LogP contribution in [0.1, 0.15) is 29.9 Å². The predicted molar refractivity (Wildman–Crippen MR) is 87.9 cm³/mol. The zero-order valence-corrected chi connectivity index (χ0v) is 12.9. The lowest BCUT2D eigenvalue weighted by atomic mass is 10.0. The molecule has 1 atom stereocenters. The van der Waals surface area contributed by atoms with Crippen LogP contribution < -0.4 is 5.32 Å². The summed E-state index contributed by atoms with van der Waals surface area (Å²) in [5, 5.41) is 5.33. The van der Waals surface area contributed by atoms with E-state index in [9.17, 15) is 0 Å². The molecular weight excluding hydrogens is 282 g/mol. The van der Waals surface area contributed by atoms with Crippen molar-refractivity contribution in [3.8, 4) is 0 Å². The summed E-state index contributed by atoms with van der Waals surface area (Å²) in [5.41, 5.74) is 3.13. The molecule has 0 saturated heterocycles. The highest BCUT2D eigenvalue weighted by atomic mass is 35.5. The van der Waals surface area contributed by atoms with E-state index in [1.54, 1.807) is 0 Å². The molecule has 0 aliphatic carbocycles. The number of rotatable bonds is 4. The Bertz CT molecular complexity index is 763. The van der Waals surface area contributed by atoms with Crippen molar-refractivity contribution in [1.82, 2.24) is 5.32 Å². The normalized spacial score (nSPS) is 12.7. The smallest absolute Gasteiger partial charge is 0.137 e. The molecule has 3 aromatic rings. The number of para-hydroxylation sites is 1. The highest BCUT2D eigenvalue weighted by molar-refractivity contribution is 6.31. The Kier molecular flexibility index (Phi) is 4.00. The molecule has 3 rings (SSSR count). The summed E-state index contributed by atoms with van der Waals surface area (Å²) >= 11 is 6.35. The number of aryl methyl sites for hydroxylation is 1. The van der Waals surface area contributed by atoms with Gasteiger partial charge in [-0.05, 0) is 36.7 Å². The second-order valence-corrected chi connectivity index (χ2v) is 5.56. The highest BCUT2D eigenvalue weighted by Gasteiger charge is 2.20. The summed E-state index contributed by atoms with van der Waals surface area (Å²) in [6.07, 6.45) is 0. The summed E-state index contributed by atoms with van der Waals surface area (Å²) in [6, 6.07) is 16.1. The van der Waals surface area contributed by atoms with Crippen LogP contribution in [-0.2, 0) is 0 Å². The summed E-state index contributed by atoms with van der Waals surface area (Å²) in [7, 11) is 0. The van der Waals surface area contributed by atoms with Crippen LogP contribution in [0.4, 0.5) is 0 Å². The van der Waals surface area contributed by atoms with Crippen LogP contribution in [0.15, 0.2) is 52.9 Å². The van der Waals surface area contributed by atoms with E-state index >= 15 is 0 Å². The van der Waals surface area contributed by atoms with Crippen LogP contribution in [0.3, 0.4) is 0 Å². The third-order valence-corrected chi connectivity index (χ3v) is 4.01. The number of nitrogens with one attached hydrogen (secondary N) is 1. The molecule has 2 aromatic carbocycles. The maximum atomic E-state index is 6.35. The van der Waals surface area contributed by atoms with Gasteiger partial charge >= 0.3 is 0 Å². The second kappa shape index (κ2) is 5.92. The monoisotopic (exact) mass is 299 g/mol. The summed E-state index contributed by atoms with van der Waals surface area (Å²) < 4.78 is 6.10. The molecule has 21 heavy (non-hydrogen) atoms. The first-order valence-electron chi connectivity index (χ1n) is 7.17. The third kappa shape index (κ3) is 2.69. The predicted octanol–water partition coefficient (Wildman–Crippen LogP) is 5.09. The van der Waals surface area contributed by atoms with Gasteiger partial charge < -0.3 is 9.73 Å². The fraction of sp³-hybridized carbons (Fsp3) is 0.222. The molecule has 0 radical (unpaired) electrons. The number of hydrogen-bond donors (Lipinski definition) is 1. The van der Waals surface area contributed by atoms with Crippen molar-refractivity contribution < 1.29 is 4.42 Å². The fourth-order valence-electron chi connectivity index (χ4n) is 2.65. The van der Waals surface area contributed by atoms with Crippen molar-refractivity contribution in [3.63, 3.8) is 0 Å². The van der Waals surface area contributed by atoms with Crippen molar-refractivity contribution in [3.05, 3.63) is 70.4 Å². The maximum Gasteiger partial charge on any atom is 0.137 e. The molecule has 0 amide bonds. The number of hydrogen-bond acceptors (Lipinski definition) is 2.